The van der Waals surface area contributed by atoms with Crippen LogP contribution in [0.3, 0.4) is 0 Å². The van der Waals surface area contributed by atoms with Gasteiger partial charge >= 0.3 is 0 Å². The van der Waals surface area contributed by atoms with E-state index in [1.807, 2.05) is 12.1 Å². The van der Waals surface area contributed by atoms with Crippen LogP contribution in [0.15, 0.2) is 81.6 Å². The SMILES string of the molecule is Fc1ccc(-c2nc3ccc(Cl)nc3o2)cc1.Fc1ccc(-c2nc3ccc(N4CCCCCC4)nc3o2)cc1. The van der Waals surface area contributed by atoms with Crippen LogP contribution in [0.1, 0.15) is 25.7 Å². The van der Waals surface area contributed by atoms with E-state index in [1.54, 1.807) is 36.4 Å². The zero-order valence-corrected chi connectivity index (χ0v) is 22.1. The van der Waals surface area contributed by atoms with E-state index in [4.69, 9.17) is 20.4 Å². The molecule has 10 heteroatoms. The number of rotatable bonds is 3. The van der Waals surface area contributed by atoms with Gasteiger partial charge in [0.05, 0.1) is 0 Å². The minimum absolute atomic E-state index is 0.272. The van der Waals surface area contributed by atoms with Gasteiger partial charge in [-0.3, -0.25) is 0 Å². The van der Waals surface area contributed by atoms with E-state index in [0.29, 0.717) is 39.4 Å². The average molecular weight is 560 g/mol. The third-order valence-corrected chi connectivity index (χ3v) is 6.79. The van der Waals surface area contributed by atoms with Crippen LogP contribution in [-0.4, -0.2) is 33.0 Å². The minimum atomic E-state index is -0.300. The summed E-state index contributed by atoms with van der Waals surface area (Å²) < 4.78 is 37.0. The molecule has 202 valence electrons. The Hall–Kier alpha value is -4.37. The van der Waals surface area contributed by atoms with Crippen LogP contribution in [0.5, 0.6) is 0 Å². The summed E-state index contributed by atoms with van der Waals surface area (Å²) in [5.74, 6) is 1.24. The zero-order valence-electron chi connectivity index (χ0n) is 21.4. The van der Waals surface area contributed by atoms with E-state index >= 15 is 0 Å². The van der Waals surface area contributed by atoms with Crippen molar-refractivity contribution < 1.29 is 17.6 Å². The smallest absolute Gasteiger partial charge is 0.249 e. The second-order valence-electron chi connectivity index (χ2n) is 9.41. The third kappa shape index (κ3) is 5.79. The van der Waals surface area contributed by atoms with Crippen molar-refractivity contribution in [1.29, 1.82) is 0 Å². The van der Waals surface area contributed by atoms with Crippen LogP contribution >= 0.6 is 11.6 Å². The van der Waals surface area contributed by atoms with Crippen LogP contribution in [0.4, 0.5) is 14.6 Å². The number of nitrogens with zero attached hydrogens (tertiary/aromatic N) is 5. The monoisotopic (exact) mass is 559 g/mol. The first kappa shape index (κ1) is 25.9. The number of fused-ring (bicyclic) bond motifs is 2. The summed E-state index contributed by atoms with van der Waals surface area (Å²) in [5, 5.41) is 0.347. The van der Waals surface area contributed by atoms with E-state index in [2.05, 4.69) is 24.8 Å². The molecule has 1 fully saturated rings. The molecule has 0 unspecified atom stereocenters. The minimum Gasteiger partial charge on any atom is -0.418 e. The molecule has 0 saturated carbocycles. The van der Waals surface area contributed by atoms with Gasteiger partial charge in [0.25, 0.3) is 0 Å². The first-order valence-corrected chi connectivity index (χ1v) is 13.4. The Labute approximate surface area is 233 Å². The van der Waals surface area contributed by atoms with Crippen LogP contribution in [-0.2, 0) is 0 Å². The molecule has 0 bridgehead atoms. The molecular formula is C30H24ClF2N5O2. The number of aromatic nitrogens is 4. The molecule has 0 spiro atoms. The molecule has 4 aromatic heterocycles. The van der Waals surface area contributed by atoms with Gasteiger partial charge in [-0.05, 0) is 85.6 Å². The van der Waals surface area contributed by atoms with E-state index in [1.165, 1.54) is 49.9 Å². The van der Waals surface area contributed by atoms with E-state index in [-0.39, 0.29) is 11.6 Å². The van der Waals surface area contributed by atoms with Gasteiger partial charge in [0.1, 0.15) is 33.6 Å². The summed E-state index contributed by atoms with van der Waals surface area (Å²) in [7, 11) is 0. The average Bonchev–Trinajstić information content (AvgIpc) is 3.48. The molecule has 0 N–H and O–H groups in total. The Kier molecular flexibility index (Phi) is 7.37. The largest absolute Gasteiger partial charge is 0.418 e. The predicted octanol–water partition coefficient (Wildman–Crippen LogP) is 8.09. The van der Waals surface area contributed by atoms with Gasteiger partial charge in [0, 0.05) is 24.2 Å². The molecule has 6 aromatic rings. The fourth-order valence-electron chi connectivity index (χ4n) is 4.51. The van der Waals surface area contributed by atoms with Gasteiger partial charge in [-0.2, -0.15) is 9.97 Å². The van der Waals surface area contributed by atoms with Crippen molar-refractivity contribution in [2.45, 2.75) is 25.7 Å². The molecule has 0 aliphatic carbocycles. The van der Waals surface area contributed by atoms with Crippen molar-refractivity contribution in [3.05, 3.63) is 89.6 Å². The van der Waals surface area contributed by atoms with Crippen molar-refractivity contribution in [1.82, 2.24) is 19.9 Å². The van der Waals surface area contributed by atoms with Gasteiger partial charge in [0.15, 0.2) is 0 Å². The van der Waals surface area contributed by atoms with E-state index in [9.17, 15) is 8.78 Å². The lowest BCUT2D eigenvalue weighted by Crippen LogP contribution is -2.24. The first-order chi connectivity index (χ1) is 19.5. The van der Waals surface area contributed by atoms with Gasteiger partial charge < -0.3 is 13.7 Å². The summed E-state index contributed by atoms with van der Waals surface area (Å²) in [6, 6.07) is 19.3. The van der Waals surface area contributed by atoms with Crippen LogP contribution in [0.2, 0.25) is 5.15 Å². The summed E-state index contributed by atoms with van der Waals surface area (Å²) in [5.41, 5.74) is 3.70. The second-order valence-corrected chi connectivity index (χ2v) is 9.79. The molecule has 40 heavy (non-hydrogen) atoms. The normalized spacial score (nSPS) is 13.7. The Morgan fingerprint density at radius 2 is 1.07 bits per heavy atom. The van der Waals surface area contributed by atoms with Gasteiger partial charge in [0.2, 0.25) is 23.2 Å². The lowest BCUT2D eigenvalue weighted by Gasteiger charge is -2.20. The second kappa shape index (κ2) is 11.4. The number of anilines is 1. The Morgan fingerprint density at radius 1 is 0.575 bits per heavy atom. The fraction of sp³-hybridized carbons (Fsp3) is 0.200. The lowest BCUT2D eigenvalue weighted by atomic mass is 10.2. The van der Waals surface area contributed by atoms with Crippen molar-refractivity contribution >= 4 is 39.9 Å². The topological polar surface area (TPSA) is 81.1 Å². The first-order valence-electron chi connectivity index (χ1n) is 13.0. The maximum atomic E-state index is 13.0. The number of benzene rings is 2. The number of oxazole rings is 2. The number of halogens is 3. The highest BCUT2D eigenvalue weighted by Crippen LogP contribution is 2.27. The van der Waals surface area contributed by atoms with Gasteiger partial charge in [-0.1, -0.05) is 24.4 Å². The van der Waals surface area contributed by atoms with Crippen LogP contribution in [0.25, 0.3) is 45.4 Å². The zero-order chi connectivity index (χ0) is 27.5. The number of pyridine rings is 2. The Balaban J connectivity index is 0.000000151. The molecule has 1 aliphatic rings. The van der Waals surface area contributed by atoms with Crippen LogP contribution < -0.4 is 4.90 Å². The summed E-state index contributed by atoms with van der Waals surface area (Å²) in [6.07, 6.45) is 4.99. The van der Waals surface area contributed by atoms with Gasteiger partial charge in [-0.15, -0.1) is 0 Å². The number of hydrogen-bond donors (Lipinski definition) is 0. The highest BCUT2D eigenvalue weighted by molar-refractivity contribution is 6.29. The van der Waals surface area contributed by atoms with E-state index in [0.717, 1.165) is 30.0 Å². The molecule has 2 aromatic carbocycles. The Bertz CT molecular complexity index is 1740. The number of hydrogen-bond acceptors (Lipinski definition) is 7. The highest BCUT2D eigenvalue weighted by Gasteiger charge is 2.15. The van der Waals surface area contributed by atoms with Crippen molar-refractivity contribution in [2.24, 2.45) is 0 Å². The van der Waals surface area contributed by atoms with Crippen molar-refractivity contribution in [2.75, 3.05) is 18.0 Å². The predicted molar refractivity (Wildman–Crippen MR) is 150 cm³/mol. The fourth-order valence-corrected chi connectivity index (χ4v) is 4.65. The molecule has 7 rings (SSSR count). The summed E-state index contributed by atoms with van der Waals surface area (Å²) in [4.78, 5) is 19.6. The molecule has 0 amide bonds. The van der Waals surface area contributed by atoms with Gasteiger partial charge in [-0.25, -0.2) is 18.7 Å². The highest BCUT2D eigenvalue weighted by atomic mass is 35.5. The Morgan fingerprint density at radius 3 is 1.62 bits per heavy atom. The molecule has 1 aliphatic heterocycles. The van der Waals surface area contributed by atoms with Crippen LogP contribution in [0, 0.1) is 11.6 Å². The maximum Gasteiger partial charge on any atom is 0.249 e. The summed E-state index contributed by atoms with van der Waals surface area (Å²) in [6.45, 7) is 2.08. The molecule has 0 atom stereocenters. The quantitative estimate of drug-likeness (QED) is 0.203. The molecule has 5 heterocycles. The molecular weight excluding hydrogens is 536 g/mol. The molecule has 7 nitrogen and oxygen atoms in total. The van der Waals surface area contributed by atoms with Crippen molar-refractivity contribution in [3.8, 4) is 22.9 Å². The third-order valence-electron chi connectivity index (χ3n) is 6.57. The van der Waals surface area contributed by atoms with Crippen molar-refractivity contribution in [3.63, 3.8) is 0 Å². The lowest BCUT2D eigenvalue weighted by molar-refractivity contribution is 0.604. The molecule has 1 saturated heterocycles. The molecule has 0 radical (unpaired) electrons. The summed E-state index contributed by atoms with van der Waals surface area (Å²) >= 11 is 5.75. The van der Waals surface area contributed by atoms with E-state index < -0.39 is 0 Å². The standard InChI is InChI=1S/C18H18FN3O.C12H6ClFN2O/c19-14-7-5-13(6-8-14)17-20-15-9-10-16(21-18(15)23-17)22-11-3-1-2-4-12-22;13-10-6-5-9-12(16-10)17-11(15-9)7-1-3-8(14)4-2-7/h5-10H,1-4,11-12H2;1-6H. The maximum absolute atomic E-state index is 13.0.